The summed E-state index contributed by atoms with van der Waals surface area (Å²) in [4.78, 5) is 37.8. The smallest absolute Gasteiger partial charge is 0.306 e. The molecule has 0 aliphatic rings. The first-order chi connectivity index (χ1) is 29.5. The average Bonchev–Trinajstić information content (AvgIpc) is 3.24. The third-order valence-electron chi connectivity index (χ3n) is 10.7. The number of hydrogen-bond acceptors (Lipinski definition) is 6. The molecule has 0 aliphatic carbocycles. The van der Waals surface area contributed by atoms with Crippen molar-refractivity contribution in [1.82, 2.24) is 0 Å². The predicted octanol–water partition coefficient (Wildman–Crippen LogP) is 16.5. The first-order valence-electron chi connectivity index (χ1n) is 25.3. The minimum absolute atomic E-state index is 0.0900. The Kier molecular flexibility index (Phi) is 46.4. The molecule has 6 heteroatoms. The van der Waals surface area contributed by atoms with Crippen LogP contribution in [0.15, 0.2) is 60.8 Å². The SMILES string of the molecule is CC/C=C\C/C=C\CCCCCCCCCC(=O)OC(COC(=O)CCCC/C=C\C/C=C\CC)COC(=O)CCCCCCCCC/C=C\CCCCCCCCCC. The van der Waals surface area contributed by atoms with Gasteiger partial charge in [0.1, 0.15) is 13.2 Å². The van der Waals surface area contributed by atoms with E-state index in [4.69, 9.17) is 14.2 Å². The highest BCUT2D eigenvalue weighted by molar-refractivity contribution is 5.71. The number of carbonyl (C=O) groups excluding carboxylic acids is 3. The number of ether oxygens (including phenoxy) is 3. The Bertz CT molecular complexity index is 1100. The molecule has 0 bridgehead atoms. The van der Waals surface area contributed by atoms with E-state index < -0.39 is 6.10 Å². The van der Waals surface area contributed by atoms with Gasteiger partial charge in [-0.3, -0.25) is 14.4 Å². The quantitative estimate of drug-likeness (QED) is 0.0263. The lowest BCUT2D eigenvalue weighted by molar-refractivity contribution is -0.167. The van der Waals surface area contributed by atoms with Crippen LogP contribution in [0.25, 0.3) is 0 Å². The Morgan fingerprint density at radius 3 is 1.05 bits per heavy atom. The molecule has 0 saturated heterocycles. The highest BCUT2D eigenvalue weighted by atomic mass is 16.6. The molecular formula is C54H94O6. The van der Waals surface area contributed by atoms with E-state index in [1.54, 1.807) is 0 Å². The molecule has 0 aromatic carbocycles. The number of allylic oxidation sites excluding steroid dienone is 10. The fourth-order valence-electron chi connectivity index (χ4n) is 6.98. The molecule has 0 rings (SSSR count). The van der Waals surface area contributed by atoms with Gasteiger partial charge in [0.15, 0.2) is 6.10 Å². The van der Waals surface area contributed by atoms with Crippen LogP contribution in [-0.2, 0) is 28.6 Å². The van der Waals surface area contributed by atoms with E-state index in [9.17, 15) is 14.4 Å². The third kappa shape index (κ3) is 46.2. The van der Waals surface area contributed by atoms with E-state index in [1.165, 1.54) is 116 Å². The highest BCUT2D eigenvalue weighted by Crippen LogP contribution is 2.14. The monoisotopic (exact) mass is 839 g/mol. The molecule has 0 fully saturated rings. The van der Waals surface area contributed by atoms with Gasteiger partial charge in [-0.2, -0.15) is 0 Å². The second-order valence-corrected chi connectivity index (χ2v) is 16.7. The largest absolute Gasteiger partial charge is 0.462 e. The molecule has 0 saturated carbocycles. The Labute approximate surface area is 370 Å². The summed E-state index contributed by atoms with van der Waals surface area (Å²) in [5, 5.41) is 0. The van der Waals surface area contributed by atoms with Crippen LogP contribution < -0.4 is 0 Å². The third-order valence-corrected chi connectivity index (χ3v) is 10.7. The summed E-state index contributed by atoms with van der Waals surface area (Å²) in [6.45, 7) is 6.37. The summed E-state index contributed by atoms with van der Waals surface area (Å²) in [6, 6.07) is 0. The van der Waals surface area contributed by atoms with E-state index in [1.807, 2.05) is 0 Å². The van der Waals surface area contributed by atoms with Crippen molar-refractivity contribution in [3.63, 3.8) is 0 Å². The van der Waals surface area contributed by atoms with Gasteiger partial charge in [-0.15, -0.1) is 0 Å². The lowest BCUT2D eigenvalue weighted by Crippen LogP contribution is -2.30. The zero-order chi connectivity index (χ0) is 43.7. The van der Waals surface area contributed by atoms with Crippen molar-refractivity contribution in [3.05, 3.63) is 60.8 Å². The van der Waals surface area contributed by atoms with Crippen LogP contribution in [0, 0.1) is 0 Å². The predicted molar refractivity (Wildman–Crippen MR) is 256 cm³/mol. The van der Waals surface area contributed by atoms with Crippen LogP contribution in [0.4, 0.5) is 0 Å². The second kappa shape index (κ2) is 48.8. The van der Waals surface area contributed by atoms with Crippen molar-refractivity contribution in [1.29, 1.82) is 0 Å². The lowest BCUT2D eigenvalue weighted by atomic mass is 10.1. The maximum atomic E-state index is 12.7. The highest BCUT2D eigenvalue weighted by Gasteiger charge is 2.19. The van der Waals surface area contributed by atoms with E-state index in [-0.39, 0.29) is 31.1 Å². The van der Waals surface area contributed by atoms with E-state index >= 15 is 0 Å². The summed E-state index contributed by atoms with van der Waals surface area (Å²) in [5.41, 5.74) is 0. The van der Waals surface area contributed by atoms with Crippen molar-refractivity contribution in [2.24, 2.45) is 0 Å². The summed E-state index contributed by atoms with van der Waals surface area (Å²) in [5.74, 6) is -0.939. The van der Waals surface area contributed by atoms with Gasteiger partial charge in [0, 0.05) is 19.3 Å². The number of rotatable bonds is 45. The van der Waals surface area contributed by atoms with Crippen molar-refractivity contribution in [2.75, 3.05) is 13.2 Å². The van der Waals surface area contributed by atoms with Crippen LogP contribution in [0.2, 0.25) is 0 Å². The number of unbranched alkanes of at least 4 members (excludes halogenated alkanes) is 24. The van der Waals surface area contributed by atoms with Gasteiger partial charge in [-0.25, -0.2) is 0 Å². The van der Waals surface area contributed by atoms with Gasteiger partial charge >= 0.3 is 17.9 Å². The Morgan fingerprint density at radius 2 is 0.650 bits per heavy atom. The maximum absolute atomic E-state index is 12.7. The van der Waals surface area contributed by atoms with E-state index in [0.717, 1.165) is 89.9 Å². The van der Waals surface area contributed by atoms with Crippen LogP contribution in [0.3, 0.4) is 0 Å². The van der Waals surface area contributed by atoms with Crippen LogP contribution in [0.5, 0.6) is 0 Å². The average molecular weight is 839 g/mol. The minimum atomic E-state index is -0.791. The molecule has 346 valence electrons. The van der Waals surface area contributed by atoms with Crippen molar-refractivity contribution >= 4 is 17.9 Å². The van der Waals surface area contributed by atoms with Crippen molar-refractivity contribution in [3.8, 4) is 0 Å². The van der Waals surface area contributed by atoms with Gasteiger partial charge in [0.2, 0.25) is 0 Å². The van der Waals surface area contributed by atoms with Crippen molar-refractivity contribution < 1.29 is 28.6 Å². The molecule has 60 heavy (non-hydrogen) atoms. The maximum Gasteiger partial charge on any atom is 0.306 e. The second-order valence-electron chi connectivity index (χ2n) is 16.7. The number of carbonyl (C=O) groups is 3. The molecular weight excluding hydrogens is 745 g/mol. The van der Waals surface area contributed by atoms with Gasteiger partial charge in [-0.1, -0.05) is 191 Å². The number of hydrogen-bond donors (Lipinski definition) is 0. The molecule has 0 N–H and O–H groups in total. The molecule has 0 aliphatic heterocycles. The van der Waals surface area contributed by atoms with Gasteiger partial charge in [0.25, 0.3) is 0 Å². The van der Waals surface area contributed by atoms with Gasteiger partial charge in [0.05, 0.1) is 0 Å². The van der Waals surface area contributed by atoms with Gasteiger partial charge < -0.3 is 14.2 Å². The molecule has 0 radical (unpaired) electrons. The molecule has 6 nitrogen and oxygen atoms in total. The zero-order valence-electron chi connectivity index (χ0n) is 39.5. The van der Waals surface area contributed by atoms with Crippen LogP contribution >= 0.6 is 0 Å². The molecule has 1 atom stereocenters. The standard InChI is InChI=1S/C54H94O6/c1-4-7-10-13-16-19-21-23-25-26-27-28-29-31-32-35-38-41-44-47-53(56)59-50-51(49-58-52(55)46-43-40-37-34-18-15-12-9-6-3)60-54(57)48-45-42-39-36-33-30-24-22-20-17-14-11-8-5-2/h8-9,11-12,17-18,20,26-27,34,51H,4-7,10,13-16,19,21-25,28-33,35-50H2,1-3H3/b11-8-,12-9-,20-17-,27-26-,34-18-. The summed E-state index contributed by atoms with van der Waals surface area (Å²) >= 11 is 0. The molecule has 0 aromatic heterocycles. The fourth-order valence-corrected chi connectivity index (χ4v) is 6.98. The molecule has 1 unspecified atom stereocenters. The minimum Gasteiger partial charge on any atom is -0.462 e. The topological polar surface area (TPSA) is 78.9 Å². The van der Waals surface area contributed by atoms with Crippen molar-refractivity contribution in [2.45, 2.75) is 252 Å². The Hall–Kier alpha value is -2.89. The van der Waals surface area contributed by atoms with Gasteiger partial charge in [-0.05, 0) is 96.3 Å². The van der Waals surface area contributed by atoms with Crippen LogP contribution in [-0.4, -0.2) is 37.2 Å². The van der Waals surface area contributed by atoms with E-state index in [2.05, 4.69) is 81.5 Å². The molecule has 0 heterocycles. The Morgan fingerprint density at radius 1 is 0.350 bits per heavy atom. The normalized spacial score (nSPS) is 12.5. The van der Waals surface area contributed by atoms with Crippen LogP contribution in [0.1, 0.15) is 245 Å². The summed E-state index contributed by atoms with van der Waals surface area (Å²) < 4.78 is 16.7. The fraction of sp³-hybridized carbons (Fsp3) is 0.759. The zero-order valence-corrected chi connectivity index (χ0v) is 39.5. The molecule has 0 spiro atoms. The summed E-state index contributed by atoms with van der Waals surface area (Å²) in [6.07, 6.45) is 59.4. The first kappa shape index (κ1) is 57.1. The first-order valence-corrected chi connectivity index (χ1v) is 25.3. The molecule has 0 aromatic rings. The lowest BCUT2D eigenvalue weighted by Gasteiger charge is -2.18. The summed E-state index contributed by atoms with van der Waals surface area (Å²) in [7, 11) is 0. The Balaban J connectivity index is 4.32. The van der Waals surface area contributed by atoms with E-state index in [0.29, 0.717) is 19.3 Å². The number of esters is 3. The molecule has 0 amide bonds.